The fraction of sp³-hybridized carbons (Fsp3) is 0.571. The molecular formula is C14H21N. The molecule has 0 heterocycles. The lowest BCUT2D eigenvalue weighted by Gasteiger charge is -2.28. The molecule has 0 saturated carbocycles. The van der Waals surface area contributed by atoms with Gasteiger partial charge >= 0.3 is 0 Å². The number of rotatable bonds is 3. The second-order valence-corrected chi connectivity index (χ2v) is 4.68. The topological polar surface area (TPSA) is 12.0 Å². The Balaban J connectivity index is 1.99. The van der Waals surface area contributed by atoms with E-state index in [2.05, 4.69) is 43.4 Å². The number of nitrogens with one attached hydrogen (secondary N) is 1. The van der Waals surface area contributed by atoms with Crippen LogP contribution < -0.4 is 5.32 Å². The summed E-state index contributed by atoms with van der Waals surface area (Å²) in [5.74, 6) is 0. The van der Waals surface area contributed by atoms with Gasteiger partial charge in [0.15, 0.2) is 0 Å². The molecule has 15 heavy (non-hydrogen) atoms. The van der Waals surface area contributed by atoms with E-state index >= 15 is 0 Å². The molecule has 2 unspecified atom stereocenters. The van der Waals surface area contributed by atoms with Crippen LogP contribution in [-0.2, 0) is 12.8 Å². The average Bonchev–Trinajstić information content (AvgIpc) is 2.29. The lowest BCUT2D eigenvalue weighted by molar-refractivity contribution is 0.401. The summed E-state index contributed by atoms with van der Waals surface area (Å²) in [6.07, 6.45) is 4.96. The van der Waals surface area contributed by atoms with Gasteiger partial charge in [0.05, 0.1) is 0 Å². The first-order valence-electron chi connectivity index (χ1n) is 6.12. The van der Waals surface area contributed by atoms with E-state index in [1.165, 1.54) is 25.7 Å². The van der Waals surface area contributed by atoms with Crippen molar-refractivity contribution in [3.8, 4) is 0 Å². The Morgan fingerprint density at radius 1 is 1.33 bits per heavy atom. The predicted octanol–water partition coefficient (Wildman–Crippen LogP) is 2.93. The fourth-order valence-electron chi connectivity index (χ4n) is 2.36. The molecule has 2 rings (SSSR count). The van der Waals surface area contributed by atoms with Crippen LogP contribution in [0.3, 0.4) is 0 Å². The second-order valence-electron chi connectivity index (χ2n) is 4.68. The second kappa shape index (κ2) is 4.80. The van der Waals surface area contributed by atoms with Gasteiger partial charge in [0.2, 0.25) is 0 Å². The lowest BCUT2D eigenvalue weighted by atomic mass is 9.88. The van der Waals surface area contributed by atoms with Gasteiger partial charge in [0.25, 0.3) is 0 Å². The number of hydrogen-bond donors (Lipinski definition) is 1. The summed E-state index contributed by atoms with van der Waals surface area (Å²) in [5.41, 5.74) is 3.10. The molecule has 1 heteroatoms. The molecule has 0 saturated heterocycles. The zero-order valence-corrected chi connectivity index (χ0v) is 9.79. The summed E-state index contributed by atoms with van der Waals surface area (Å²) >= 11 is 0. The molecule has 0 aromatic heterocycles. The van der Waals surface area contributed by atoms with Crippen molar-refractivity contribution in [1.29, 1.82) is 0 Å². The Kier molecular flexibility index (Phi) is 3.42. The molecule has 82 valence electrons. The largest absolute Gasteiger partial charge is 0.311 e. The van der Waals surface area contributed by atoms with Crippen LogP contribution in [0.1, 0.15) is 37.8 Å². The SMILES string of the molecule is CCC(C)NC1CCc2ccccc2C1. The van der Waals surface area contributed by atoms with Gasteiger partial charge in [-0.15, -0.1) is 0 Å². The van der Waals surface area contributed by atoms with E-state index in [9.17, 15) is 0 Å². The summed E-state index contributed by atoms with van der Waals surface area (Å²) in [4.78, 5) is 0. The molecular weight excluding hydrogens is 182 g/mol. The third-order valence-electron chi connectivity index (χ3n) is 3.48. The molecule has 1 aromatic rings. The summed E-state index contributed by atoms with van der Waals surface area (Å²) in [6.45, 7) is 4.52. The van der Waals surface area contributed by atoms with E-state index in [4.69, 9.17) is 0 Å². The average molecular weight is 203 g/mol. The smallest absolute Gasteiger partial charge is 0.0113 e. The summed E-state index contributed by atoms with van der Waals surface area (Å²) in [6, 6.07) is 10.2. The zero-order chi connectivity index (χ0) is 10.7. The van der Waals surface area contributed by atoms with Gasteiger partial charge in [0.1, 0.15) is 0 Å². The normalized spacial score (nSPS) is 22.1. The quantitative estimate of drug-likeness (QED) is 0.796. The van der Waals surface area contributed by atoms with E-state index in [0.717, 1.165) is 0 Å². The Morgan fingerprint density at radius 2 is 2.07 bits per heavy atom. The molecule has 0 aliphatic heterocycles. The first-order chi connectivity index (χ1) is 7.29. The monoisotopic (exact) mass is 203 g/mol. The van der Waals surface area contributed by atoms with Gasteiger partial charge in [-0.2, -0.15) is 0 Å². The molecule has 0 amide bonds. The van der Waals surface area contributed by atoms with Crippen molar-refractivity contribution in [2.45, 2.75) is 51.6 Å². The van der Waals surface area contributed by atoms with Gasteiger partial charge in [-0.25, -0.2) is 0 Å². The molecule has 0 spiro atoms. The van der Waals surface area contributed by atoms with Crippen molar-refractivity contribution in [2.24, 2.45) is 0 Å². The Hall–Kier alpha value is -0.820. The summed E-state index contributed by atoms with van der Waals surface area (Å²) in [5, 5.41) is 3.71. The molecule has 0 bridgehead atoms. The Labute approximate surface area is 92.9 Å². The highest BCUT2D eigenvalue weighted by molar-refractivity contribution is 5.30. The Morgan fingerprint density at radius 3 is 2.80 bits per heavy atom. The van der Waals surface area contributed by atoms with Crippen LogP contribution in [0.2, 0.25) is 0 Å². The van der Waals surface area contributed by atoms with E-state index < -0.39 is 0 Å². The summed E-state index contributed by atoms with van der Waals surface area (Å²) < 4.78 is 0. The molecule has 1 aliphatic rings. The number of fused-ring (bicyclic) bond motifs is 1. The number of hydrogen-bond acceptors (Lipinski definition) is 1. The summed E-state index contributed by atoms with van der Waals surface area (Å²) in [7, 11) is 0. The third kappa shape index (κ3) is 2.60. The van der Waals surface area contributed by atoms with Gasteiger partial charge in [-0.1, -0.05) is 31.2 Å². The molecule has 1 N–H and O–H groups in total. The van der Waals surface area contributed by atoms with E-state index in [0.29, 0.717) is 12.1 Å². The van der Waals surface area contributed by atoms with Crippen molar-refractivity contribution < 1.29 is 0 Å². The van der Waals surface area contributed by atoms with Gasteiger partial charge in [0, 0.05) is 12.1 Å². The van der Waals surface area contributed by atoms with Crippen LogP contribution in [0.4, 0.5) is 0 Å². The molecule has 0 fully saturated rings. The predicted molar refractivity (Wildman–Crippen MR) is 65.1 cm³/mol. The highest BCUT2D eigenvalue weighted by atomic mass is 14.9. The van der Waals surface area contributed by atoms with Gasteiger partial charge < -0.3 is 5.32 Å². The van der Waals surface area contributed by atoms with Crippen molar-refractivity contribution in [3.63, 3.8) is 0 Å². The zero-order valence-electron chi connectivity index (χ0n) is 9.79. The lowest BCUT2D eigenvalue weighted by Crippen LogP contribution is -2.39. The molecule has 2 atom stereocenters. The van der Waals surface area contributed by atoms with E-state index in [1.807, 2.05) is 0 Å². The van der Waals surface area contributed by atoms with Gasteiger partial charge in [-0.05, 0) is 43.7 Å². The minimum Gasteiger partial charge on any atom is -0.311 e. The maximum Gasteiger partial charge on any atom is 0.0113 e. The minimum absolute atomic E-state index is 0.653. The van der Waals surface area contributed by atoms with Crippen molar-refractivity contribution in [2.75, 3.05) is 0 Å². The standard InChI is InChI=1S/C14H21N/c1-3-11(2)15-14-9-8-12-6-4-5-7-13(12)10-14/h4-7,11,14-15H,3,8-10H2,1-2H3. The Bertz CT molecular complexity index is 319. The minimum atomic E-state index is 0.653. The van der Waals surface area contributed by atoms with Crippen molar-refractivity contribution in [1.82, 2.24) is 5.32 Å². The first-order valence-corrected chi connectivity index (χ1v) is 6.12. The highest BCUT2D eigenvalue weighted by Crippen LogP contribution is 2.21. The van der Waals surface area contributed by atoms with Crippen LogP contribution in [0.5, 0.6) is 0 Å². The van der Waals surface area contributed by atoms with Crippen LogP contribution in [-0.4, -0.2) is 12.1 Å². The van der Waals surface area contributed by atoms with Crippen molar-refractivity contribution >= 4 is 0 Å². The van der Waals surface area contributed by atoms with E-state index in [1.54, 1.807) is 11.1 Å². The van der Waals surface area contributed by atoms with Crippen LogP contribution in [0.15, 0.2) is 24.3 Å². The van der Waals surface area contributed by atoms with Crippen molar-refractivity contribution in [3.05, 3.63) is 35.4 Å². The maximum atomic E-state index is 3.71. The molecule has 1 aliphatic carbocycles. The number of benzene rings is 1. The maximum absolute atomic E-state index is 3.71. The van der Waals surface area contributed by atoms with E-state index in [-0.39, 0.29) is 0 Å². The molecule has 1 nitrogen and oxygen atoms in total. The first kappa shape index (κ1) is 10.7. The fourth-order valence-corrected chi connectivity index (χ4v) is 2.36. The molecule has 1 aromatic carbocycles. The number of aryl methyl sites for hydroxylation is 1. The third-order valence-corrected chi connectivity index (χ3v) is 3.48. The van der Waals surface area contributed by atoms with Crippen LogP contribution in [0.25, 0.3) is 0 Å². The van der Waals surface area contributed by atoms with Gasteiger partial charge in [-0.3, -0.25) is 0 Å². The van der Waals surface area contributed by atoms with Crippen LogP contribution >= 0.6 is 0 Å². The highest BCUT2D eigenvalue weighted by Gasteiger charge is 2.18. The molecule has 0 radical (unpaired) electrons. The van der Waals surface area contributed by atoms with Crippen LogP contribution in [0, 0.1) is 0 Å².